The predicted molar refractivity (Wildman–Crippen MR) is 61.8 cm³/mol. The highest BCUT2D eigenvalue weighted by Gasteiger charge is 2.30. The Labute approximate surface area is 100 Å². The van der Waals surface area contributed by atoms with Gasteiger partial charge >= 0.3 is 5.97 Å². The van der Waals surface area contributed by atoms with Crippen LogP contribution >= 0.6 is 0 Å². The monoisotopic (exact) mass is 238 g/mol. The first-order chi connectivity index (χ1) is 8.20. The van der Waals surface area contributed by atoms with Gasteiger partial charge in [-0.15, -0.1) is 0 Å². The van der Waals surface area contributed by atoms with E-state index in [2.05, 4.69) is 16.5 Å². The molecule has 2 unspecified atom stereocenters. The summed E-state index contributed by atoms with van der Waals surface area (Å²) in [5.41, 5.74) is 0. The van der Waals surface area contributed by atoms with Crippen molar-refractivity contribution in [3.05, 3.63) is 18.2 Å². The number of carboxylic acid groups (broad SMARTS) is 1. The maximum atomic E-state index is 10.8. The zero-order valence-corrected chi connectivity index (χ0v) is 10.0. The van der Waals surface area contributed by atoms with E-state index in [4.69, 9.17) is 9.84 Å². The summed E-state index contributed by atoms with van der Waals surface area (Å²) in [6.07, 6.45) is 6.51. The molecule has 1 aliphatic heterocycles. The highest BCUT2D eigenvalue weighted by Crippen LogP contribution is 2.21. The Balaban J connectivity index is 1.93. The number of hydrogen-bond donors (Lipinski definition) is 1. The van der Waals surface area contributed by atoms with E-state index in [0.29, 0.717) is 13.0 Å². The van der Waals surface area contributed by atoms with Gasteiger partial charge in [-0.25, -0.2) is 9.78 Å². The van der Waals surface area contributed by atoms with Gasteiger partial charge in [-0.1, -0.05) is 6.92 Å². The van der Waals surface area contributed by atoms with Crippen molar-refractivity contribution in [3.63, 3.8) is 0 Å². The van der Waals surface area contributed by atoms with E-state index in [1.165, 1.54) is 0 Å². The van der Waals surface area contributed by atoms with Crippen molar-refractivity contribution in [2.24, 2.45) is 0 Å². The van der Waals surface area contributed by atoms with Gasteiger partial charge < -0.3 is 14.4 Å². The molecule has 0 bridgehead atoms. The number of nitrogens with zero attached hydrogens (tertiary/aromatic N) is 2. The zero-order chi connectivity index (χ0) is 12.3. The molecule has 2 heterocycles. The maximum absolute atomic E-state index is 10.8. The molecule has 94 valence electrons. The van der Waals surface area contributed by atoms with Crippen molar-refractivity contribution in [1.29, 1.82) is 0 Å². The highest BCUT2D eigenvalue weighted by atomic mass is 16.5. The van der Waals surface area contributed by atoms with Gasteiger partial charge in [-0.05, 0) is 19.3 Å². The Bertz CT molecular complexity index is 389. The molecule has 0 saturated carbocycles. The minimum Gasteiger partial charge on any atom is -0.479 e. The number of ether oxygens (including phenoxy) is 1. The molecule has 0 aromatic carbocycles. The summed E-state index contributed by atoms with van der Waals surface area (Å²) in [4.78, 5) is 15.1. The number of carbonyl (C=O) groups is 1. The predicted octanol–water partition coefficient (Wildman–Crippen LogP) is 1.47. The largest absolute Gasteiger partial charge is 0.479 e. The minimum atomic E-state index is -0.855. The zero-order valence-electron chi connectivity index (χ0n) is 10.0. The van der Waals surface area contributed by atoms with Gasteiger partial charge in [0, 0.05) is 18.8 Å². The molecule has 1 fully saturated rings. The standard InChI is InChI=1S/C12H18N2O3/c1-2-3-11-13-6-7-14(11)8-9-4-5-10(17-9)12(15)16/h6-7,9-10H,2-5,8H2,1H3,(H,15,16). The number of aliphatic carboxylic acids is 1. The van der Waals surface area contributed by atoms with Crippen LogP contribution in [0.2, 0.25) is 0 Å². The average molecular weight is 238 g/mol. The van der Waals surface area contributed by atoms with Gasteiger partial charge in [-0.3, -0.25) is 0 Å². The van der Waals surface area contributed by atoms with Crippen molar-refractivity contribution in [2.45, 2.75) is 51.4 Å². The molecule has 0 amide bonds. The summed E-state index contributed by atoms with van der Waals surface area (Å²) in [7, 11) is 0. The second-order valence-electron chi connectivity index (χ2n) is 4.41. The summed E-state index contributed by atoms with van der Waals surface area (Å²) in [6.45, 7) is 2.82. The maximum Gasteiger partial charge on any atom is 0.332 e. The highest BCUT2D eigenvalue weighted by molar-refractivity contribution is 5.72. The third-order valence-corrected chi connectivity index (χ3v) is 3.06. The van der Waals surface area contributed by atoms with Crippen LogP contribution in [-0.4, -0.2) is 32.8 Å². The van der Waals surface area contributed by atoms with Gasteiger partial charge in [0.15, 0.2) is 6.10 Å². The molecule has 2 atom stereocenters. The number of aryl methyl sites for hydroxylation is 1. The first kappa shape index (κ1) is 12.1. The fraction of sp³-hybridized carbons (Fsp3) is 0.667. The lowest BCUT2D eigenvalue weighted by atomic mass is 10.2. The van der Waals surface area contributed by atoms with Gasteiger partial charge in [0.25, 0.3) is 0 Å². The molecule has 17 heavy (non-hydrogen) atoms. The quantitative estimate of drug-likeness (QED) is 0.843. The number of imidazole rings is 1. The lowest BCUT2D eigenvalue weighted by Gasteiger charge is -2.13. The SMILES string of the molecule is CCCc1nccn1CC1CCC(C(=O)O)O1. The molecule has 1 aliphatic rings. The smallest absolute Gasteiger partial charge is 0.332 e. The van der Waals surface area contributed by atoms with Crippen LogP contribution in [0.1, 0.15) is 32.0 Å². The molecule has 5 heteroatoms. The Morgan fingerprint density at radius 3 is 3.12 bits per heavy atom. The van der Waals surface area contributed by atoms with Gasteiger partial charge in [0.05, 0.1) is 12.6 Å². The third-order valence-electron chi connectivity index (χ3n) is 3.06. The van der Waals surface area contributed by atoms with Gasteiger partial charge in [-0.2, -0.15) is 0 Å². The molecule has 1 N–H and O–H groups in total. The van der Waals surface area contributed by atoms with Crippen LogP contribution in [0.15, 0.2) is 12.4 Å². The van der Waals surface area contributed by atoms with E-state index < -0.39 is 12.1 Å². The van der Waals surface area contributed by atoms with Crippen molar-refractivity contribution in [1.82, 2.24) is 9.55 Å². The molecule has 1 aromatic rings. The Morgan fingerprint density at radius 2 is 2.47 bits per heavy atom. The number of hydrogen-bond acceptors (Lipinski definition) is 3. The normalized spacial score (nSPS) is 24.1. The molecule has 0 aliphatic carbocycles. The summed E-state index contributed by atoms with van der Waals surface area (Å²) in [5.74, 6) is 0.196. The van der Waals surface area contributed by atoms with Crippen molar-refractivity contribution < 1.29 is 14.6 Å². The van der Waals surface area contributed by atoms with Crippen LogP contribution in [-0.2, 0) is 22.5 Å². The lowest BCUT2D eigenvalue weighted by Crippen LogP contribution is -2.23. The Hall–Kier alpha value is -1.36. The average Bonchev–Trinajstić information content (AvgIpc) is 2.90. The van der Waals surface area contributed by atoms with Crippen LogP contribution in [0.4, 0.5) is 0 Å². The van der Waals surface area contributed by atoms with Gasteiger partial charge in [0.1, 0.15) is 5.82 Å². The molecule has 1 saturated heterocycles. The molecule has 0 radical (unpaired) electrons. The number of rotatable bonds is 5. The molecular formula is C12H18N2O3. The second kappa shape index (κ2) is 5.31. The minimum absolute atomic E-state index is 0.000839. The molecule has 1 aromatic heterocycles. The van der Waals surface area contributed by atoms with Crippen molar-refractivity contribution in [3.8, 4) is 0 Å². The van der Waals surface area contributed by atoms with Gasteiger partial charge in [0.2, 0.25) is 0 Å². The molecule has 0 spiro atoms. The van der Waals surface area contributed by atoms with E-state index >= 15 is 0 Å². The van der Waals surface area contributed by atoms with E-state index in [0.717, 1.165) is 25.1 Å². The van der Waals surface area contributed by atoms with Crippen LogP contribution < -0.4 is 0 Å². The van der Waals surface area contributed by atoms with E-state index in [1.54, 1.807) is 6.20 Å². The first-order valence-corrected chi connectivity index (χ1v) is 6.09. The number of aromatic nitrogens is 2. The van der Waals surface area contributed by atoms with E-state index in [9.17, 15) is 4.79 Å². The van der Waals surface area contributed by atoms with E-state index in [-0.39, 0.29) is 6.10 Å². The van der Waals surface area contributed by atoms with Crippen LogP contribution in [0.3, 0.4) is 0 Å². The summed E-state index contributed by atoms with van der Waals surface area (Å²) in [6, 6.07) is 0. The summed E-state index contributed by atoms with van der Waals surface area (Å²) in [5, 5.41) is 8.85. The molecular weight excluding hydrogens is 220 g/mol. The second-order valence-corrected chi connectivity index (χ2v) is 4.41. The lowest BCUT2D eigenvalue weighted by molar-refractivity contribution is -0.149. The van der Waals surface area contributed by atoms with E-state index in [1.807, 2.05) is 6.20 Å². The molecule has 2 rings (SSSR count). The van der Waals surface area contributed by atoms with Crippen LogP contribution in [0, 0.1) is 0 Å². The Kier molecular flexibility index (Phi) is 3.78. The third kappa shape index (κ3) is 2.85. The van der Waals surface area contributed by atoms with Crippen molar-refractivity contribution >= 4 is 5.97 Å². The van der Waals surface area contributed by atoms with Crippen molar-refractivity contribution in [2.75, 3.05) is 0 Å². The van der Waals surface area contributed by atoms with Crippen LogP contribution in [0.25, 0.3) is 0 Å². The first-order valence-electron chi connectivity index (χ1n) is 6.09. The topological polar surface area (TPSA) is 64.4 Å². The summed E-state index contributed by atoms with van der Waals surface area (Å²) < 4.78 is 7.55. The fourth-order valence-corrected chi connectivity index (χ4v) is 2.20. The molecule has 5 nitrogen and oxygen atoms in total. The number of carboxylic acids is 1. The summed E-state index contributed by atoms with van der Waals surface area (Å²) >= 11 is 0. The van der Waals surface area contributed by atoms with Crippen LogP contribution in [0.5, 0.6) is 0 Å². The fourth-order valence-electron chi connectivity index (χ4n) is 2.20. The Morgan fingerprint density at radius 1 is 1.65 bits per heavy atom.